The average molecular weight is 310 g/mol. The van der Waals surface area contributed by atoms with Gasteiger partial charge in [-0.15, -0.1) is 0 Å². The maximum Gasteiger partial charge on any atom is 0.243 e. The van der Waals surface area contributed by atoms with E-state index in [0.29, 0.717) is 11.1 Å². The van der Waals surface area contributed by atoms with Crippen molar-refractivity contribution < 1.29 is 18.3 Å². The molecule has 0 saturated carbocycles. The van der Waals surface area contributed by atoms with Crippen LogP contribution in [0.5, 0.6) is 0 Å². The van der Waals surface area contributed by atoms with E-state index in [4.69, 9.17) is 10.8 Å². The lowest BCUT2D eigenvalue weighted by Gasteiger charge is -2.19. The molecule has 1 rings (SSSR count). The van der Waals surface area contributed by atoms with E-state index < -0.39 is 15.9 Å². The van der Waals surface area contributed by atoms with Gasteiger partial charge in [-0.05, 0) is 30.7 Å². The summed E-state index contributed by atoms with van der Waals surface area (Å²) in [5.74, 6) is 4.54. The summed E-state index contributed by atoms with van der Waals surface area (Å²) in [4.78, 5) is 11.0. The number of benzene rings is 1. The Morgan fingerprint density at radius 2 is 2.10 bits per heavy atom. The molecule has 0 heterocycles. The van der Waals surface area contributed by atoms with Crippen molar-refractivity contribution in [2.24, 2.45) is 5.73 Å². The van der Waals surface area contributed by atoms with Crippen LogP contribution in [0, 0.1) is 18.8 Å². The fourth-order valence-electron chi connectivity index (χ4n) is 1.76. The van der Waals surface area contributed by atoms with E-state index in [0.717, 1.165) is 4.31 Å². The second kappa shape index (κ2) is 7.22. The van der Waals surface area contributed by atoms with Crippen molar-refractivity contribution in [2.45, 2.75) is 18.7 Å². The maximum atomic E-state index is 12.4. The standard InChI is InChI=1S/C14H18N2O4S/c1-3-16(10-14(15)18)21(19,20)13-7-6-12(5-4-8-17)11(2)9-13/h6-7,9,17H,3,8,10H2,1-2H3,(H2,15,18). The molecule has 0 unspecified atom stereocenters. The average Bonchev–Trinajstić information content (AvgIpc) is 2.42. The van der Waals surface area contributed by atoms with Gasteiger partial charge in [0.1, 0.15) is 6.61 Å². The Hall–Kier alpha value is -1.88. The molecule has 0 bridgehead atoms. The van der Waals surface area contributed by atoms with E-state index in [1.807, 2.05) is 0 Å². The van der Waals surface area contributed by atoms with Gasteiger partial charge in [-0.25, -0.2) is 8.42 Å². The molecule has 0 aromatic heterocycles. The van der Waals surface area contributed by atoms with Gasteiger partial charge >= 0.3 is 0 Å². The molecule has 7 heteroatoms. The molecule has 0 aliphatic heterocycles. The van der Waals surface area contributed by atoms with Crippen molar-refractivity contribution >= 4 is 15.9 Å². The Kier molecular flexibility index (Phi) is 5.90. The highest BCUT2D eigenvalue weighted by Crippen LogP contribution is 2.19. The maximum absolute atomic E-state index is 12.4. The molecule has 0 fully saturated rings. The van der Waals surface area contributed by atoms with Crippen molar-refractivity contribution in [3.05, 3.63) is 29.3 Å². The van der Waals surface area contributed by atoms with Crippen LogP contribution in [0.2, 0.25) is 0 Å². The van der Waals surface area contributed by atoms with Crippen LogP contribution in [0.1, 0.15) is 18.1 Å². The topological polar surface area (TPSA) is 101 Å². The Labute approximate surface area is 124 Å². The van der Waals surface area contributed by atoms with Crippen molar-refractivity contribution in [2.75, 3.05) is 19.7 Å². The normalized spacial score (nSPS) is 11.0. The number of carbonyl (C=O) groups is 1. The minimum Gasteiger partial charge on any atom is -0.384 e. The second-order valence-corrected chi connectivity index (χ2v) is 6.27. The minimum absolute atomic E-state index is 0.0812. The predicted octanol–water partition coefficient (Wildman–Crippen LogP) is -0.165. The van der Waals surface area contributed by atoms with Gasteiger partial charge in [0.15, 0.2) is 0 Å². The summed E-state index contributed by atoms with van der Waals surface area (Å²) in [5.41, 5.74) is 6.38. The summed E-state index contributed by atoms with van der Waals surface area (Å²) in [5, 5.41) is 8.67. The number of hydrogen-bond acceptors (Lipinski definition) is 4. The molecular formula is C14H18N2O4S. The van der Waals surface area contributed by atoms with Gasteiger partial charge in [-0.1, -0.05) is 18.8 Å². The number of rotatable bonds is 5. The van der Waals surface area contributed by atoms with E-state index in [1.54, 1.807) is 19.9 Å². The van der Waals surface area contributed by atoms with Crippen LogP contribution in [-0.2, 0) is 14.8 Å². The smallest absolute Gasteiger partial charge is 0.243 e. The molecular weight excluding hydrogens is 292 g/mol. The van der Waals surface area contributed by atoms with Crippen molar-refractivity contribution in [3.63, 3.8) is 0 Å². The van der Waals surface area contributed by atoms with E-state index >= 15 is 0 Å². The van der Waals surface area contributed by atoms with Crippen molar-refractivity contribution in [1.29, 1.82) is 0 Å². The Bertz CT molecular complexity index is 687. The first-order valence-corrected chi connectivity index (χ1v) is 7.75. The molecule has 1 aromatic carbocycles. The molecule has 0 radical (unpaired) electrons. The first-order valence-electron chi connectivity index (χ1n) is 6.31. The third-order valence-electron chi connectivity index (χ3n) is 2.82. The summed E-state index contributed by atoms with van der Waals surface area (Å²) in [6, 6.07) is 4.48. The molecule has 6 nitrogen and oxygen atoms in total. The third kappa shape index (κ3) is 4.29. The van der Waals surface area contributed by atoms with Crippen LogP contribution >= 0.6 is 0 Å². The number of sulfonamides is 1. The highest BCUT2D eigenvalue weighted by atomic mass is 32.2. The zero-order chi connectivity index (χ0) is 16.0. The number of aliphatic hydroxyl groups is 1. The Balaban J connectivity index is 3.20. The highest BCUT2D eigenvalue weighted by Gasteiger charge is 2.24. The summed E-state index contributed by atoms with van der Waals surface area (Å²) >= 11 is 0. The Morgan fingerprint density at radius 1 is 1.43 bits per heavy atom. The highest BCUT2D eigenvalue weighted by molar-refractivity contribution is 7.89. The monoisotopic (exact) mass is 310 g/mol. The number of likely N-dealkylation sites (N-methyl/N-ethyl adjacent to an activating group) is 1. The lowest BCUT2D eigenvalue weighted by molar-refractivity contribution is -0.118. The number of carbonyl (C=O) groups excluding carboxylic acids is 1. The molecule has 0 aliphatic rings. The van der Waals surface area contributed by atoms with Gasteiger partial charge in [-0.2, -0.15) is 4.31 Å². The summed E-state index contributed by atoms with van der Waals surface area (Å²) < 4.78 is 25.9. The fourth-order valence-corrected chi connectivity index (χ4v) is 3.26. The lowest BCUT2D eigenvalue weighted by Crippen LogP contribution is -2.38. The van der Waals surface area contributed by atoms with Crippen LogP contribution in [0.4, 0.5) is 0 Å². The van der Waals surface area contributed by atoms with Gasteiger partial charge in [-0.3, -0.25) is 4.79 Å². The molecule has 1 aromatic rings. The minimum atomic E-state index is -3.77. The van der Waals surface area contributed by atoms with Crippen LogP contribution in [0.3, 0.4) is 0 Å². The van der Waals surface area contributed by atoms with Crippen LogP contribution in [0.25, 0.3) is 0 Å². The first kappa shape index (κ1) is 17.2. The number of primary amides is 1. The van der Waals surface area contributed by atoms with E-state index in [2.05, 4.69) is 11.8 Å². The van der Waals surface area contributed by atoms with Gasteiger partial charge < -0.3 is 10.8 Å². The van der Waals surface area contributed by atoms with Gasteiger partial charge in [0.05, 0.1) is 11.4 Å². The third-order valence-corrected chi connectivity index (χ3v) is 4.74. The van der Waals surface area contributed by atoms with Gasteiger partial charge in [0, 0.05) is 12.1 Å². The zero-order valence-electron chi connectivity index (χ0n) is 12.0. The lowest BCUT2D eigenvalue weighted by atomic mass is 10.1. The van der Waals surface area contributed by atoms with Crippen LogP contribution in [-0.4, -0.2) is 43.4 Å². The largest absolute Gasteiger partial charge is 0.384 e. The molecule has 0 atom stereocenters. The molecule has 0 saturated heterocycles. The molecule has 0 spiro atoms. The number of aliphatic hydroxyl groups excluding tert-OH is 1. The van der Waals surface area contributed by atoms with Gasteiger partial charge in [0.2, 0.25) is 15.9 Å². The number of hydrogen-bond donors (Lipinski definition) is 2. The van der Waals surface area contributed by atoms with Crippen molar-refractivity contribution in [3.8, 4) is 11.8 Å². The summed E-state index contributed by atoms with van der Waals surface area (Å²) in [6.45, 7) is 2.89. The van der Waals surface area contributed by atoms with E-state index in [-0.39, 0.29) is 24.6 Å². The number of aryl methyl sites for hydroxylation is 1. The predicted molar refractivity (Wildman–Crippen MR) is 78.8 cm³/mol. The van der Waals surface area contributed by atoms with Crippen molar-refractivity contribution in [1.82, 2.24) is 4.31 Å². The molecule has 1 amide bonds. The van der Waals surface area contributed by atoms with E-state index in [9.17, 15) is 13.2 Å². The number of nitrogens with zero attached hydrogens (tertiary/aromatic N) is 1. The summed E-state index contributed by atoms with van der Waals surface area (Å²) in [7, 11) is -3.77. The molecule has 114 valence electrons. The Morgan fingerprint density at radius 3 is 2.57 bits per heavy atom. The molecule has 21 heavy (non-hydrogen) atoms. The number of amides is 1. The summed E-state index contributed by atoms with van der Waals surface area (Å²) in [6.07, 6.45) is 0. The van der Waals surface area contributed by atoms with E-state index in [1.165, 1.54) is 12.1 Å². The number of nitrogens with two attached hydrogens (primary N) is 1. The van der Waals surface area contributed by atoms with Crippen LogP contribution in [0.15, 0.2) is 23.1 Å². The quantitative estimate of drug-likeness (QED) is 0.738. The fraction of sp³-hybridized carbons (Fsp3) is 0.357. The first-order chi connectivity index (χ1) is 9.82. The van der Waals surface area contributed by atoms with Crippen LogP contribution < -0.4 is 5.73 Å². The second-order valence-electron chi connectivity index (χ2n) is 4.33. The van der Waals surface area contributed by atoms with Gasteiger partial charge in [0.25, 0.3) is 0 Å². The zero-order valence-corrected chi connectivity index (χ0v) is 12.8. The molecule has 3 N–H and O–H groups in total. The molecule has 0 aliphatic carbocycles. The SMILES string of the molecule is CCN(CC(N)=O)S(=O)(=O)c1ccc(C#CCO)c(C)c1.